The first-order chi connectivity index (χ1) is 13.1. The largest absolute Gasteiger partial charge is 0.289 e. The zero-order valence-electron chi connectivity index (χ0n) is 15.1. The zero-order chi connectivity index (χ0) is 18.8. The molecule has 1 nitrogen and oxygen atoms in total. The fourth-order valence-electron chi connectivity index (χ4n) is 2.82. The molecule has 1 aromatic carbocycles. The second kappa shape index (κ2) is 7.77. The van der Waals surface area contributed by atoms with Gasteiger partial charge < -0.3 is 0 Å². The molecule has 0 saturated heterocycles. The lowest BCUT2D eigenvalue weighted by molar-refractivity contribution is 0.104. The van der Waals surface area contributed by atoms with Gasteiger partial charge >= 0.3 is 0 Å². The van der Waals surface area contributed by atoms with E-state index in [2.05, 4.69) is 44.2 Å². The molecule has 0 aliphatic heterocycles. The number of hydrogen-bond acceptors (Lipinski definition) is 4. The number of allylic oxidation sites excluding steroid dienone is 1. The van der Waals surface area contributed by atoms with Crippen molar-refractivity contribution in [2.45, 2.75) is 13.8 Å². The van der Waals surface area contributed by atoms with Gasteiger partial charge in [-0.1, -0.05) is 30.3 Å². The second-order valence-electron chi connectivity index (χ2n) is 6.26. The molecule has 4 heteroatoms. The summed E-state index contributed by atoms with van der Waals surface area (Å²) >= 11 is 5.44. The van der Waals surface area contributed by atoms with Crippen molar-refractivity contribution in [1.82, 2.24) is 0 Å². The minimum atomic E-state index is 0.0363. The summed E-state index contributed by atoms with van der Waals surface area (Å²) in [6.07, 6.45) is 3.60. The number of aryl methyl sites for hydroxylation is 2. The van der Waals surface area contributed by atoms with Gasteiger partial charge in [0.15, 0.2) is 5.78 Å². The van der Waals surface area contributed by atoms with Gasteiger partial charge in [-0.2, -0.15) is 0 Å². The lowest BCUT2D eigenvalue weighted by Gasteiger charge is -1.94. The van der Waals surface area contributed by atoms with Crippen LogP contribution in [0.1, 0.15) is 25.7 Å². The summed E-state index contributed by atoms with van der Waals surface area (Å²) in [5.41, 5.74) is 1.83. The molecule has 3 heterocycles. The van der Waals surface area contributed by atoms with Crippen LogP contribution in [-0.2, 0) is 0 Å². The SMILES string of the molecule is Cc1ccc(-c2ccc(-c3cc(/C=C/C(=O)c4ccccc4)c(C)s3)s2)s1. The zero-order valence-corrected chi connectivity index (χ0v) is 17.5. The molecule has 3 aromatic heterocycles. The van der Waals surface area contributed by atoms with Crippen molar-refractivity contribution in [3.05, 3.63) is 87.6 Å². The average molecular weight is 407 g/mol. The van der Waals surface area contributed by atoms with Crippen LogP contribution in [-0.4, -0.2) is 5.78 Å². The molecule has 0 N–H and O–H groups in total. The van der Waals surface area contributed by atoms with Crippen molar-refractivity contribution >= 4 is 45.9 Å². The summed E-state index contributed by atoms with van der Waals surface area (Å²) in [6.45, 7) is 4.25. The molecule has 134 valence electrons. The number of thiophene rings is 3. The normalized spacial score (nSPS) is 11.3. The molecule has 4 aromatic rings. The van der Waals surface area contributed by atoms with Crippen molar-refractivity contribution in [3.63, 3.8) is 0 Å². The van der Waals surface area contributed by atoms with E-state index in [1.807, 2.05) is 59.1 Å². The second-order valence-corrected chi connectivity index (χ2v) is 9.89. The summed E-state index contributed by atoms with van der Waals surface area (Å²) in [5, 5.41) is 0. The first kappa shape index (κ1) is 18.1. The monoisotopic (exact) mass is 406 g/mol. The number of carbonyl (C=O) groups is 1. The molecule has 0 aliphatic rings. The first-order valence-electron chi connectivity index (χ1n) is 8.65. The quantitative estimate of drug-likeness (QED) is 0.245. The fraction of sp³-hybridized carbons (Fsp3) is 0.0870. The van der Waals surface area contributed by atoms with Gasteiger partial charge in [0.1, 0.15) is 0 Å². The van der Waals surface area contributed by atoms with Crippen LogP contribution in [0.15, 0.2) is 66.7 Å². The van der Waals surface area contributed by atoms with Crippen molar-refractivity contribution in [1.29, 1.82) is 0 Å². The van der Waals surface area contributed by atoms with Gasteiger partial charge in [-0.15, -0.1) is 34.0 Å². The lowest BCUT2D eigenvalue weighted by Crippen LogP contribution is -1.92. The van der Waals surface area contributed by atoms with E-state index in [4.69, 9.17) is 0 Å². The van der Waals surface area contributed by atoms with E-state index >= 15 is 0 Å². The third-order valence-electron chi connectivity index (χ3n) is 4.26. The lowest BCUT2D eigenvalue weighted by atomic mass is 10.1. The molecule has 0 amide bonds. The molecule has 0 radical (unpaired) electrons. The Morgan fingerprint density at radius 2 is 1.44 bits per heavy atom. The standard InChI is InChI=1S/C23H18OS3/c1-15-8-11-20(25-15)21-12-13-22(27-21)23-14-18(16(2)26-23)9-10-19(24)17-6-4-3-5-7-17/h3-14H,1-2H3/b10-9+. The highest BCUT2D eigenvalue weighted by Gasteiger charge is 2.11. The van der Waals surface area contributed by atoms with Crippen LogP contribution in [0.3, 0.4) is 0 Å². The van der Waals surface area contributed by atoms with Crippen molar-refractivity contribution in [2.24, 2.45) is 0 Å². The van der Waals surface area contributed by atoms with Crippen molar-refractivity contribution < 1.29 is 4.79 Å². The van der Waals surface area contributed by atoms with Gasteiger partial charge in [0.25, 0.3) is 0 Å². The van der Waals surface area contributed by atoms with E-state index in [0.29, 0.717) is 0 Å². The molecular formula is C23H18OS3. The molecule has 0 saturated carbocycles. The highest BCUT2D eigenvalue weighted by Crippen LogP contribution is 2.40. The number of ketones is 1. The summed E-state index contributed by atoms with van der Waals surface area (Å²) in [5.74, 6) is 0.0363. The topological polar surface area (TPSA) is 17.1 Å². The summed E-state index contributed by atoms with van der Waals surface area (Å²) in [4.78, 5) is 20.0. The highest BCUT2D eigenvalue weighted by molar-refractivity contribution is 7.26. The van der Waals surface area contributed by atoms with Gasteiger partial charge in [0, 0.05) is 34.8 Å². The van der Waals surface area contributed by atoms with Crippen LogP contribution >= 0.6 is 34.0 Å². The number of carbonyl (C=O) groups excluding carboxylic acids is 1. The Morgan fingerprint density at radius 3 is 2.15 bits per heavy atom. The molecule has 27 heavy (non-hydrogen) atoms. The predicted molar refractivity (Wildman–Crippen MR) is 120 cm³/mol. The minimum Gasteiger partial charge on any atom is -0.289 e. The third kappa shape index (κ3) is 4.03. The molecular weight excluding hydrogens is 388 g/mol. The van der Waals surface area contributed by atoms with E-state index < -0.39 is 0 Å². The van der Waals surface area contributed by atoms with E-state index in [9.17, 15) is 4.79 Å². The van der Waals surface area contributed by atoms with Gasteiger partial charge in [-0.3, -0.25) is 4.79 Å². The van der Waals surface area contributed by atoms with Crippen LogP contribution in [0.4, 0.5) is 0 Å². The van der Waals surface area contributed by atoms with Crippen LogP contribution in [0, 0.1) is 13.8 Å². The van der Waals surface area contributed by atoms with Crippen LogP contribution < -0.4 is 0 Å². The Bertz CT molecular complexity index is 1110. The van der Waals surface area contributed by atoms with Crippen molar-refractivity contribution in [2.75, 3.05) is 0 Å². The van der Waals surface area contributed by atoms with Crippen molar-refractivity contribution in [3.8, 4) is 19.5 Å². The number of hydrogen-bond donors (Lipinski definition) is 0. The maximum Gasteiger partial charge on any atom is 0.185 e. The van der Waals surface area contributed by atoms with E-state index in [-0.39, 0.29) is 5.78 Å². The minimum absolute atomic E-state index is 0.0363. The number of benzene rings is 1. The average Bonchev–Trinajstić information content (AvgIpc) is 3.40. The Hall–Kier alpha value is -2.27. The van der Waals surface area contributed by atoms with Crippen LogP contribution in [0.2, 0.25) is 0 Å². The first-order valence-corrected chi connectivity index (χ1v) is 11.1. The molecule has 0 aliphatic carbocycles. The molecule has 0 bridgehead atoms. The molecule has 0 fully saturated rings. The maximum absolute atomic E-state index is 12.3. The fourth-order valence-corrected chi connectivity index (χ4v) is 5.87. The Balaban J connectivity index is 1.56. The smallest absolute Gasteiger partial charge is 0.185 e. The van der Waals surface area contributed by atoms with Gasteiger partial charge in [-0.05, 0) is 61.9 Å². The van der Waals surface area contributed by atoms with Gasteiger partial charge in [-0.25, -0.2) is 0 Å². The summed E-state index contributed by atoms with van der Waals surface area (Å²) in [6, 6.07) is 20.3. The van der Waals surface area contributed by atoms with E-state index in [0.717, 1.165) is 11.1 Å². The van der Waals surface area contributed by atoms with E-state index in [1.54, 1.807) is 17.4 Å². The molecule has 0 atom stereocenters. The van der Waals surface area contributed by atoms with Crippen LogP contribution in [0.5, 0.6) is 0 Å². The number of rotatable bonds is 5. The van der Waals surface area contributed by atoms with Crippen LogP contribution in [0.25, 0.3) is 25.6 Å². The summed E-state index contributed by atoms with van der Waals surface area (Å²) in [7, 11) is 0. The molecule has 0 spiro atoms. The summed E-state index contributed by atoms with van der Waals surface area (Å²) < 4.78 is 0. The predicted octanol–water partition coefficient (Wildman–Crippen LogP) is 7.72. The highest BCUT2D eigenvalue weighted by atomic mass is 32.1. The Labute approximate surface area is 171 Å². The molecule has 4 rings (SSSR count). The molecule has 0 unspecified atom stereocenters. The van der Waals surface area contributed by atoms with Gasteiger partial charge in [0.2, 0.25) is 0 Å². The van der Waals surface area contributed by atoms with E-state index in [1.165, 1.54) is 29.3 Å². The Kier molecular flexibility index (Phi) is 5.21. The third-order valence-corrected chi connectivity index (χ3v) is 7.80. The van der Waals surface area contributed by atoms with Gasteiger partial charge in [0.05, 0.1) is 0 Å². The maximum atomic E-state index is 12.3. The Morgan fingerprint density at radius 1 is 0.778 bits per heavy atom.